The van der Waals surface area contributed by atoms with Gasteiger partial charge in [-0.2, -0.15) is 0 Å². The maximum atomic E-state index is 12.2. The van der Waals surface area contributed by atoms with Crippen LogP contribution >= 0.6 is 0 Å². The average molecular weight is 258 g/mol. The first-order chi connectivity index (χ1) is 9.24. The number of carbonyl (C=O) groups is 1. The van der Waals surface area contributed by atoms with Gasteiger partial charge in [0.1, 0.15) is 0 Å². The number of aromatic amines is 1. The minimum Gasteiger partial charge on any atom is -0.393 e. The molecule has 0 unspecified atom stereocenters. The minimum atomic E-state index is -0.239. The summed E-state index contributed by atoms with van der Waals surface area (Å²) in [6.07, 6.45) is 3.50. The summed E-state index contributed by atoms with van der Waals surface area (Å²) in [5.41, 5.74) is 2.12. The van der Waals surface area contributed by atoms with Crippen LogP contribution < -0.4 is 0 Å². The first kappa shape index (κ1) is 12.2. The molecule has 1 fully saturated rings. The van der Waals surface area contributed by atoms with Crippen molar-refractivity contribution in [2.75, 3.05) is 13.1 Å². The zero-order chi connectivity index (χ0) is 13.2. The van der Waals surface area contributed by atoms with Crippen LogP contribution in [0.4, 0.5) is 0 Å². The molecule has 0 bridgehead atoms. The molecule has 1 saturated heterocycles. The summed E-state index contributed by atoms with van der Waals surface area (Å²) in [7, 11) is 0. The van der Waals surface area contributed by atoms with Crippen molar-refractivity contribution in [1.82, 2.24) is 9.88 Å². The Balaban J connectivity index is 1.72. The molecule has 2 heterocycles. The molecule has 0 atom stereocenters. The molecular weight excluding hydrogens is 240 g/mol. The van der Waals surface area contributed by atoms with Crippen molar-refractivity contribution in [3.63, 3.8) is 0 Å². The molecule has 0 saturated carbocycles. The number of para-hydroxylation sites is 1. The molecule has 100 valence electrons. The number of fused-ring (bicyclic) bond motifs is 1. The van der Waals surface area contributed by atoms with E-state index in [9.17, 15) is 9.90 Å². The summed E-state index contributed by atoms with van der Waals surface area (Å²) < 4.78 is 0. The van der Waals surface area contributed by atoms with Crippen LogP contribution in [0.25, 0.3) is 10.9 Å². The van der Waals surface area contributed by atoms with E-state index in [4.69, 9.17) is 0 Å². The van der Waals surface area contributed by atoms with E-state index in [1.807, 2.05) is 35.4 Å². The van der Waals surface area contributed by atoms with Crippen LogP contribution in [-0.2, 0) is 11.2 Å². The summed E-state index contributed by atoms with van der Waals surface area (Å²) in [6.45, 7) is 1.34. The molecule has 1 aliphatic rings. The molecular formula is C15H18N2O2. The predicted molar refractivity (Wildman–Crippen MR) is 73.8 cm³/mol. The first-order valence-corrected chi connectivity index (χ1v) is 6.75. The molecule has 19 heavy (non-hydrogen) atoms. The Kier molecular flexibility index (Phi) is 3.25. The molecule has 0 spiro atoms. The van der Waals surface area contributed by atoms with Crippen LogP contribution in [0.3, 0.4) is 0 Å². The molecule has 2 aromatic rings. The van der Waals surface area contributed by atoms with Crippen molar-refractivity contribution in [2.45, 2.75) is 25.4 Å². The van der Waals surface area contributed by atoms with Gasteiger partial charge in [-0.25, -0.2) is 0 Å². The zero-order valence-electron chi connectivity index (χ0n) is 10.8. The van der Waals surface area contributed by atoms with Crippen LogP contribution in [0.2, 0.25) is 0 Å². The van der Waals surface area contributed by atoms with Gasteiger partial charge in [-0.1, -0.05) is 18.2 Å². The normalized spacial score (nSPS) is 17.0. The van der Waals surface area contributed by atoms with Crippen LogP contribution in [0.1, 0.15) is 18.4 Å². The quantitative estimate of drug-likeness (QED) is 0.861. The van der Waals surface area contributed by atoms with E-state index in [0.29, 0.717) is 32.4 Å². The molecule has 1 aliphatic heterocycles. The number of H-pyrrole nitrogens is 1. The lowest BCUT2D eigenvalue weighted by Crippen LogP contribution is -2.40. The standard InChI is InChI=1S/C15H18N2O2/c18-12-5-7-17(8-6-12)15(19)9-11-10-16-14-4-2-1-3-13(11)14/h1-4,10,12,16,18H,5-9H2. The molecule has 2 N–H and O–H groups in total. The Morgan fingerprint density at radius 3 is 2.84 bits per heavy atom. The molecule has 1 amide bonds. The lowest BCUT2D eigenvalue weighted by Gasteiger charge is -2.29. The van der Waals surface area contributed by atoms with Crippen LogP contribution in [-0.4, -0.2) is 40.1 Å². The number of benzene rings is 1. The number of aromatic nitrogens is 1. The molecule has 0 aliphatic carbocycles. The van der Waals surface area contributed by atoms with E-state index in [0.717, 1.165) is 16.5 Å². The monoisotopic (exact) mass is 258 g/mol. The third kappa shape index (κ3) is 2.49. The molecule has 4 nitrogen and oxygen atoms in total. The highest BCUT2D eigenvalue weighted by Gasteiger charge is 2.21. The highest BCUT2D eigenvalue weighted by Crippen LogP contribution is 2.19. The van der Waals surface area contributed by atoms with Gasteiger partial charge in [-0.15, -0.1) is 0 Å². The number of rotatable bonds is 2. The molecule has 1 aromatic carbocycles. The van der Waals surface area contributed by atoms with Gasteiger partial charge in [0.2, 0.25) is 5.91 Å². The Labute approximate surface area is 112 Å². The van der Waals surface area contributed by atoms with Crippen molar-refractivity contribution in [1.29, 1.82) is 0 Å². The highest BCUT2D eigenvalue weighted by molar-refractivity contribution is 5.88. The number of piperidine rings is 1. The molecule has 1 aromatic heterocycles. The first-order valence-electron chi connectivity index (χ1n) is 6.75. The fourth-order valence-corrected chi connectivity index (χ4v) is 2.67. The van der Waals surface area contributed by atoms with Crippen LogP contribution in [0.5, 0.6) is 0 Å². The van der Waals surface area contributed by atoms with Gasteiger partial charge < -0.3 is 15.0 Å². The lowest BCUT2D eigenvalue weighted by molar-refractivity contribution is -0.132. The van der Waals surface area contributed by atoms with Gasteiger partial charge in [0, 0.05) is 30.2 Å². The second kappa shape index (κ2) is 5.05. The third-order valence-electron chi connectivity index (χ3n) is 3.83. The van der Waals surface area contributed by atoms with Crippen LogP contribution in [0, 0.1) is 0 Å². The summed E-state index contributed by atoms with van der Waals surface area (Å²) in [5.74, 6) is 0.150. The topological polar surface area (TPSA) is 56.3 Å². The largest absolute Gasteiger partial charge is 0.393 e. The van der Waals surface area contributed by atoms with Gasteiger partial charge >= 0.3 is 0 Å². The van der Waals surface area contributed by atoms with Crippen LogP contribution in [0.15, 0.2) is 30.5 Å². The number of carbonyl (C=O) groups excluding carboxylic acids is 1. The Hall–Kier alpha value is -1.81. The zero-order valence-corrected chi connectivity index (χ0v) is 10.8. The van der Waals surface area contributed by atoms with Gasteiger partial charge in [0.25, 0.3) is 0 Å². The number of nitrogens with one attached hydrogen (secondary N) is 1. The SMILES string of the molecule is O=C(Cc1c[nH]c2ccccc12)N1CCC(O)CC1. The second-order valence-electron chi connectivity index (χ2n) is 5.15. The molecule has 0 radical (unpaired) electrons. The van der Waals surface area contributed by atoms with E-state index in [2.05, 4.69) is 4.98 Å². The van der Waals surface area contributed by atoms with Crippen molar-refractivity contribution in [3.05, 3.63) is 36.0 Å². The van der Waals surface area contributed by atoms with E-state index in [-0.39, 0.29) is 12.0 Å². The predicted octanol–water partition coefficient (Wildman–Crippen LogP) is 1.69. The summed E-state index contributed by atoms with van der Waals surface area (Å²) in [4.78, 5) is 17.3. The number of aliphatic hydroxyl groups is 1. The van der Waals surface area contributed by atoms with E-state index < -0.39 is 0 Å². The maximum absolute atomic E-state index is 12.2. The number of hydrogen-bond acceptors (Lipinski definition) is 2. The summed E-state index contributed by atoms with van der Waals surface area (Å²) >= 11 is 0. The second-order valence-corrected chi connectivity index (χ2v) is 5.15. The number of aliphatic hydroxyl groups excluding tert-OH is 1. The fraction of sp³-hybridized carbons (Fsp3) is 0.400. The van der Waals surface area contributed by atoms with Gasteiger partial charge in [-0.05, 0) is 24.5 Å². The van der Waals surface area contributed by atoms with Crippen molar-refractivity contribution >= 4 is 16.8 Å². The fourth-order valence-electron chi connectivity index (χ4n) is 2.67. The Morgan fingerprint density at radius 2 is 2.05 bits per heavy atom. The van der Waals surface area contributed by atoms with E-state index in [1.54, 1.807) is 0 Å². The summed E-state index contributed by atoms with van der Waals surface area (Å²) in [5, 5.41) is 10.6. The van der Waals surface area contributed by atoms with E-state index in [1.165, 1.54) is 0 Å². The summed E-state index contributed by atoms with van der Waals surface area (Å²) in [6, 6.07) is 8.02. The van der Waals surface area contributed by atoms with Crippen molar-refractivity contribution in [2.24, 2.45) is 0 Å². The molecule has 4 heteroatoms. The molecule has 3 rings (SSSR count). The number of hydrogen-bond donors (Lipinski definition) is 2. The van der Waals surface area contributed by atoms with Crippen molar-refractivity contribution in [3.8, 4) is 0 Å². The minimum absolute atomic E-state index is 0.150. The van der Waals surface area contributed by atoms with Gasteiger partial charge in [0.05, 0.1) is 12.5 Å². The lowest BCUT2D eigenvalue weighted by atomic mass is 10.1. The Bertz CT molecular complexity index is 583. The van der Waals surface area contributed by atoms with Gasteiger partial charge in [-0.3, -0.25) is 4.79 Å². The number of amides is 1. The maximum Gasteiger partial charge on any atom is 0.227 e. The third-order valence-corrected chi connectivity index (χ3v) is 3.83. The smallest absolute Gasteiger partial charge is 0.227 e. The Morgan fingerprint density at radius 1 is 1.32 bits per heavy atom. The number of nitrogens with zero attached hydrogens (tertiary/aromatic N) is 1. The average Bonchev–Trinajstić information content (AvgIpc) is 2.83. The highest BCUT2D eigenvalue weighted by atomic mass is 16.3. The number of likely N-dealkylation sites (tertiary alicyclic amines) is 1. The van der Waals surface area contributed by atoms with Gasteiger partial charge in [0.15, 0.2) is 0 Å². The van der Waals surface area contributed by atoms with Crippen molar-refractivity contribution < 1.29 is 9.90 Å². The van der Waals surface area contributed by atoms with E-state index >= 15 is 0 Å².